The minimum absolute atomic E-state index is 0.456. The van der Waals surface area contributed by atoms with Gasteiger partial charge in [0.25, 0.3) is 0 Å². The fourth-order valence-electron chi connectivity index (χ4n) is 2.97. The first kappa shape index (κ1) is 14.0. The zero-order valence-corrected chi connectivity index (χ0v) is 13.6. The largest absolute Gasteiger partial charge is 0.437 e. The molecule has 0 amide bonds. The van der Waals surface area contributed by atoms with Gasteiger partial charge in [-0.3, -0.25) is 0 Å². The average Bonchev–Trinajstić information content (AvgIpc) is 2.93. The molecule has 0 saturated heterocycles. The Morgan fingerprint density at radius 3 is 2.48 bits per heavy atom. The Bertz CT molecular complexity index is 994. The van der Waals surface area contributed by atoms with Gasteiger partial charge in [0.2, 0.25) is 5.71 Å². The molecule has 2 heteroatoms. The minimum atomic E-state index is 0.456. The van der Waals surface area contributed by atoms with Gasteiger partial charge >= 0.3 is 0 Å². The van der Waals surface area contributed by atoms with Gasteiger partial charge in [0.1, 0.15) is 5.58 Å². The van der Waals surface area contributed by atoms with Crippen LogP contribution in [0.25, 0.3) is 33.2 Å². The lowest BCUT2D eigenvalue weighted by Gasteiger charge is -2.03. The minimum Gasteiger partial charge on any atom is -0.437 e. The molecule has 114 valence electrons. The van der Waals surface area contributed by atoms with E-state index < -0.39 is 0 Å². The number of hydrogen-bond acceptors (Lipinski definition) is 2. The Balaban J connectivity index is 2.00. The third kappa shape index (κ3) is 2.31. The third-order valence-corrected chi connectivity index (χ3v) is 4.41. The summed E-state index contributed by atoms with van der Waals surface area (Å²) in [5.74, 6) is 0.456. The van der Waals surface area contributed by atoms with Gasteiger partial charge in [-0.05, 0) is 30.0 Å². The van der Waals surface area contributed by atoms with E-state index in [1.165, 1.54) is 16.7 Å². The fraction of sp³-hybridized carbons (Fsp3) is 0.190. The first-order valence-electron chi connectivity index (χ1n) is 8.01. The Hall–Kier alpha value is -2.61. The van der Waals surface area contributed by atoms with Crippen molar-refractivity contribution in [2.75, 3.05) is 0 Å². The standard InChI is InChI=1S/C21H19NO/c1-13(2)16-11-19-18-6-4-5-17(15-9-7-14(3)8-10-15)20(18)23-21(19)22-12-16/h4-13H,1-3H3. The van der Waals surface area contributed by atoms with Gasteiger partial charge < -0.3 is 4.42 Å². The van der Waals surface area contributed by atoms with Crippen molar-refractivity contribution in [3.05, 3.63) is 65.9 Å². The monoisotopic (exact) mass is 301 g/mol. The molecule has 0 aliphatic rings. The number of para-hydroxylation sites is 1. The molecule has 4 aromatic rings. The predicted molar refractivity (Wildman–Crippen MR) is 95.8 cm³/mol. The molecule has 0 saturated carbocycles. The van der Waals surface area contributed by atoms with E-state index >= 15 is 0 Å². The van der Waals surface area contributed by atoms with Gasteiger partial charge in [0, 0.05) is 22.5 Å². The summed E-state index contributed by atoms with van der Waals surface area (Å²) in [6, 6.07) is 17.1. The van der Waals surface area contributed by atoms with Crippen LogP contribution >= 0.6 is 0 Å². The van der Waals surface area contributed by atoms with Crippen LogP contribution in [-0.2, 0) is 0 Å². The number of rotatable bonds is 2. The first-order valence-corrected chi connectivity index (χ1v) is 8.01. The van der Waals surface area contributed by atoms with E-state index in [0.29, 0.717) is 11.6 Å². The van der Waals surface area contributed by atoms with Crippen molar-refractivity contribution >= 4 is 22.1 Å². The van der Waals surface area contributed by atoms with Crippen molar-refractivity contribution in [2.45, 2.75) is 26.7 Å². The predicted octanol–water partition coefficient (Wildman–Crippen LogP) is 6.08. The number of aryl methyl sites for hydroxylation is 1. The molecule has 0 unspecified atom stereocenters. The maximum absolute atomic E-state index is 6.09. The number of hydrogen-bond donors (Lipinski definition) is 0. The third-order valence-electron chi connectivity index (χ3n) is 4.41. The van der Waals surface area contributed by atoms with Crippen molar-refractivity contribution in [3.63, 3.8) is 0 Å². The van der Waals surface area contributed by atoms with E-state index in [9.17, 15) is 0 Å². The lowest BCUT2D eigenvalue weighted by molar-refractivity contribution is 0.654. The average molecular weight is 301 g/mol. The summed E-state index contributed by atoms with van der Waals surface area (Å²) in [6.07, 6.45) is 1.92. The highest BCUT2D eigenvalue weighted by Crippen LogP contribution is 2.35. The number of aromatic nitrogens is 1. The zero-order valence-electron chi connectivity index (χ0n) is 13.6. The molecule has 2 heterocycles. The molecule has 2 aromatic carbocycles. The molecule has 0 atom stereocenters. The topological polar surface area (TPSA) is 26.0 Å². The van der Waals surface area contributed by atoms with E-state index in [-0.39, 0.29) is 0 Å². The smallest absolute Gasteiger partial charge is 0.227 e. The molecule has 2 aromatic heterocycles. The first-order chi connectivity index (χ1) is 11.1. The van der Waals surface area contributed by atoms with Crippen LogP contribution in [-0.4, -0.2) is 4.98 Å². The second kappa shape index (κ2) is 5.24. The SMILES string of the molecule is Cc1ccc(-c2cccc3c2oc2ncc(C(C)C)cc23)cc1. The van der Waals surface area contributed by atoms with Crippen molar-refractivity contribution < 1.29 is 4.42 Å². The Labute approximate surface area is 135 Å². The van der Waals surface area contributed by atoms with Gasteiger partial charge in [0.15, 0.2) is 0 Å². The summed E-state index contributed by atoms with van der Waals surface area (Å²) in [5, 5.41) is 2.23. The molecule has 23 heavy (non-hydrogen) atoms. The molecule has 0 N–H and O–H groups in total. The van der Waals surface area contributed by atoms with Crippen LogP contribution in [0.1, 0.15) is 30.9 Å². The Morgan fingerprint density at radius 2 is 1.74 bits per heavy atom. The van der Waals surface area contributed by atoms with Crippen molar-refractivity contribution in [2.24, 2.45) is 0 Å². The van der Waals surface area contributed by atoms with Crippen LogP contribution in [0.4, 0.5) is 0 Å². The van der Waals surface area contributed by atoms with Crippen LogP contribution in [0.5, 0.6) is 0 Å². The van der Waals surface area contributed by atoms with Crippen molar-refractivity contribution in [1.82, 2.24) is 4.98 Å². The van der Waals surface area contributed by atoms with E-state index in [4.69, 9.17) is 4.42 Å². The van der Waals surface area contributed by atoms with E-state index in [1.54, 1.807) is 0 Å². The fourth-order valence-corrected chi connectivity index (χ4v) is 2.97. The second-order valence-corrected chi connectivity index (χ2v) is 6.43. The van der Waals surface area contributed by atoms with Crippen LogP contribution in [0.15, 0.2) is 59.1 Å². The summed E-state index contributed by atoms with van der Waals surface area (Å²) in [6.45, 7) is 6.47. The summed E-state index contributed by atoms with van der Waals surface area (Å²) >= 11 is 0. The molecule has 0 radical (unpaired) electrons. The molecule has 4 rings (SSSR count). The molecule has 2 nitrogen and oxygen atoms in total. The van der Waals surface area contributed by atoms with Crippen LogP contribution in [0, 0.1) is 6.92 Å². The lowest BCUT2D eigenvalue weighted by atomic mass is 10.0. The lowest BCUT2D eigenvalue weighted by Crippen LogP contribution is -1.87. The Morgan fingerprint density at radius 1 is 0.957 bits per heavy atom. The molecule has 0 aliphatic heterocycles. The summed E-state index contributed by atoms with van der Waals surface area (Å²) < 4.78 is 6.09. The number of fused-ring (bicyclic) bond motifs is 3. The van der Waals surface area contributed by atoms with Gasteiger partial charge in [-0.2, -0.15) is 0 Å². The molecule has 0 fully saturated rings. The summed E-state index contributed by atoms with van der Waals surface area (Å²) in [7, 11) is 0. The highest BCUT2D eigenvalue weighted by Gasteiger charge is 2.14. The van der Waals surface area contributed by atoms with Crippen LogP contribution in [0.3, 0.4) is 0 Å². The highest BCUT2D eigenvalue weighted by atomic mass is 16.3. The highest BCUT2D eigenvalue weighted by molar-refractivity contribution is 6.08. The number of pyridine rings is 1. The summed E-state index contributed by atoms with van der Waals surface area (Å²) in [4.78, 5) is 4.52. The van der Waals surface area contributed by atoms with Crippen molar-refractivity contribution in [3.8, 4) is 11.1 Å². The summed E-state index contributed by atoms with van der Waals surface area (Å²) in [5.41, 5.74) is 6.41. The number of furan rings is 1. The van der Waals surface area contributed by atoms with E-state index in [1.807, 2.05) is 6.20 Å². The molecular formula is C21H19NO. The van der Waals surface area contributed by atoms with Gasteiger partial charge in [0.05, 0.1) is 0 Å². The van der Waals surface area contributed by atoms with Gasteiger partial charge in [-0.15, -0.1) is 0 Å². The van der Waals surface area contributed by atoms with Crippen molar-refractivity contribution in [1.29, 1.82) is 0 Å². The second-order valence-electron chi connectivity index (χ2n) is 6.43. The molecular weight excluding hydrogens is 282 g/mol. The molecule has 0 spiro atoms. The normalized spacial score (nSPS) is 11.7. The quantitative estimate of drug-likeness (QED) is 0.448. The van der Waals surface area contributed by atoms with Gasteiger partial charge in [-0.1, -0.05) is 61.9 Å². The maximum Gasteiger partial charge on any atom is 0.227 e. The van der Waals surface area contributed by atoms with E-state index in [2.05, 4.69) is 74.3 Å². The Kier molecular flexibility index (Phi) is 3.19. The van der Waals surface area contributed by atoms with E-state index in [0.717, 1.165) is 21.9 Å². The zero-order chi connectivity index (χ0) is 16.0. The van der Waals surface area contributed by atoms with Crippen LogP contribution in [0.2, 0.25) is 0 Å². The van der Waals surface area contributed by atoms with Crippen LogP contribution < -0.4 is 0 Å². The van der Waals surface area contributed by atoms with Gasteiger partial charge in [-0.25, -0.2) is 4.98 Å². The number of benzene rings is 2. The maximum atomic E-state index is 6.09. The molecule has 0 aliphatic carbocycles. The number of nitrogens with zero attached hydrogens (tertiary/aromatic N) is 1. The molecule has 0 bridgehead atoms.